The Morgan fingerprint density at radius 3 is 2.47 bits per heavy atom. The third-order valence-corrected chi connectivity index (χ3v) is 3.20. The molecular weight excluding hydrogens is 299 g/mol. The van der Waals surface area contributed by atoms with E-state index >= 15 is 0 Å². The van der Waals surface area contributed by atoms with Crippen molar-refractivity contribution in [3.05, 3.63) is 35.9 Å². The van der Waals surface area contributed by atoms with Crippen molar-refractivity contribution in [2.75, 3.05) is 4.43 Å². The van der Waals surface area contributed by atoms with E-state index in [2.05, 4.69) is 60.7 Å². The zero-order valence-electron chi connectivity index (χ0n) is 9.45. The lowest BCUT2D eigenvalue weighted by atomic mass is 10.1. The summed E-state index contributed by atoms with van der Waals surface area (Å²) in [4.78, 5) is 0. The molecule has 2 unspecified atom stereocenters. The van der Waals surface area contributed by atoms with Crippen LogP contribution in [0.4, 0.5) is 0 Å². The molecule has 1 aromatic carbocycles. The summed E-state index contributed by atoms with van der Waals surface area (Å²) in [5.74, 6) is 0. The third-order valence-electron chi connectivity index (χ3n) is 2.40. The third kappa shape index (κ3) is 4.51. The van der Waals surface area contributed by atoms with Crippen LogP contribution in [-0.4, -0.2) is 10.5 Å². The van der Waals surface area contributed by atoms with Crippen LogP contribution in [-0.2, 0) is 4.74 Å². The van der Waals surface area contributed by atoms with Crippen molar-refractivity contribution in [1.29, 1.82) is 0 Å². The predicted molar refractivity (Wildman–Crippen MR) is 73.5 cm³/mol. The SMILES string of the molecule is CCCC(C)OC(CI)c1ccccc1. The second kappa shape index (κ2) is 7.23. The van der Waals surface area contributed by atoms with E-state index in [0.29, 0.717) is 6.10 Å². The summed E-state index contributed by atoms with van der Waals surface area (Å²) in [7, 11) is 0. The number of rotatable bonds is 6. The van der Waals surface area contributed by atoms with Gasteiger partial charge in [0.2, 0.25) is 0 Å². The average molecular weight is 318 g/mol. The zero-order chi connectivity index (χ0) is 11.1. The first-order valence-electron chi connectivity index (χ1n) is 5.54. The van der Waals surface area contributed by atoms with Gasteiger partial charge in [-0.15, -0.1) is 0 Å². The second-order valence-corrected chi connectivity index (χ2v) is 4.67. The Morgan fingerprint density at radius 2 is 1.93 bits per heavy atom. The lowest BCUT2D eigenvalue weighted by Gasteiger charge is -2.20. The van der Waals surface area contributed by atoms with E-state index in [0.717, 1.165) is 10.8 Å². The maximum absolute atomic E-state index is 6.02. The van der Waals surface area contributed by atoms with Gasteiger partial charge in [-0.2, -0.15) is 0 Å². The molecule has 0 N–H and O–H groups in total. The number of halogens is 1. The van der Waals surface area contributed by atoms with Crippen LogP contribution in [0.15, 0.2) is 30.3 Å². The highest BCUT2D eigenvalue weighted by Gasteiger charge is 2.13. The van der Waals surface area contributed by atoms with Crippen LogP contribution in [0, 0.1) is 0 Å². The van der Waals surface area contributed by atoms with Gasteiger partial charge < -0.3 is 4.74 Å². The molecule has 0 saturated carbocycles. The van der Waals surface area contributed by atoms with Crippen molar-refractivity contribution in [2.24, 2.45) is 0 Å². The fraction of sp³-hybridized carbons (Fsp3) is 0.538. The molecule has 0 aromatic heterocycles. The van der Waals surface area contributed by atoms with Gasteiger partial charge in [0.1, 0.15) is 0 Å². The summed E-state index contributed by atoms with van der Waals surface area (Å²) >= 11 is 2.39. The normalized spacial score (nSPS) is 14.9. The molecule has 0 aliphatic heterocycles. The van der Waals surface area contributed by atoms with E-state index in [9.17, 15) is 0 Å². The summed E-state index contributed by atoms with van der Waals surface area (Å²) in [5, 5.41) is 0. The van der Waals surface area contributed by atoms with Gasteiger partial charge in [0, 0.05) is 4.43 Å². The van der Waals surface area contributed by atoms with Crippen molar-refractivity contribution >= 4 is 22.6 Å². The minimum Gasteiger partial charge on any atom is -0.370 e. The molecule has 0 aliphatic carbocycles. The van der Waals surface area contributed by atoms with Gasteiger partial charge in [-0.1, -0.05) is 66.3 Å². The molecule has 15 heavy (non-hydrogen) atoms. The minimum absolute atomic E-state index is 0.244. The average Bonchev–Trinajstić information content (AvgIpc) is 2.27. The number of alkyl halides is 1. The van der Waals surface area contributed by atoms with Crippen LogP contribution in [0.25, 0.3) is 0 Å². The van der Waals surface area contributed by atoms with E-state index in [4.69, 9.17) is 4.74 Å². The standard InChI is InChI=1S/C13H19IO/c1-3-7-11(2)15-13(10-14)12-8-5-4-6-9-12/h4-6,8-9,11,13H,3,7,10H2,1-2H3. The Balaban J connectivity index is 2.56. The minimum atomic E-state index is 0.244. The lowest BCUT2D eigenvalue weighted by molar-refractivity contribution is 0.00681. The Labute approximate surface area is 106 Å². The van der Waals surface area contributed by atoms with E-state index in [1.54, 1.807) is 0 Å². The smallest absolute Gasteiger partial charge is 0.0917 e. The number of hydrogen-bond acceptors (Lipinski definition) is 1. The van der Waals surface area contributed by atoms with Gasteiger partial charge in [-0.25, -0.2) is 0 Å². The highest BCUT2D eigenvalue weighted by atomic mass is 127. The zero-order valence-corrected chi connectivity index (χ0v) is 11.6. The molecular formula is C13H19IO. The molecule has 84 valence electrons. The number of hydrogen-bond donors (Lipinski definition) is 0. The Morgan fingerprint density at radius 1 is 1.27 bits per heavy atom. The van der Waals surface area contributed by atoms with Crippen LogP contribution in [0.5, 0.6) is 0 Å². The molecule has 0 heterocycles. The van der Waals surface area contributed by atoms with Crippen molar-refractivity contribution in [2.45, 2.75) is 38.9 Å². The Bertz CT molecular complexity index is 260. The Kier molecular flexibility index (Phi) is 6.25. The molecule has 2 atom stereocenters. The monoisotopic (exact) mass is 318 g/mol. The molecule has 0 bridgehead atoms. The largest absolute Gasteiger partial charge is 0.370 e. The van der Waals surface area contributed by atoms with Gasteiger partial charge in [-0.05, 0) is 18.9 Å². The van der Waals surface area contributed by atoms with Crippen LogP contribution in [0.3, 0.4) is 0 Å². The summed E-state index contributed by atoms with van der Waals surface area (Å²) in [6.07, 6.45) is 2.92. The maximum Gasteiger partial charge on any atom is 0.0917 e. The number of ether oxygens (including phenoxy) is 1. The summed E-state index contributed by atoms with van der Waals surface area (Å²) < 4.78 is 7.03. The van der Waals surface area contributed by atoms with Crippen LogP contribution >= 0.6 is 22.6 Å². The highest BCUT2D eigenvalue weighted by Crippen LogP contribution is 2.22. The number of benzene rings is 1. The summed E-state index contributed by atoms with van der Waals surface area (Å²) in [5.41, 5.74) is 1.29. The Hall–Kier alpha value is -0.0900. The topological polar surface area (TPSA) is 9.23 Å². The molecule has 1 nitrogen and oxygen atoms in total. The van der Waals surface area contributed by atoms with Crippen molar-refractivity contribution < 1.29 is 4.74 Å². The van der Waals surface area contributed by atoms with Gasteiger partial charge in [0.05, 0.1) is 12.2 Å². The molecule has 0 saturated heterocycles. The fourth-order valence-electron chi connectivity index (χ4n) is 1.63. The molecule has 0 amide bonds. The van der Waals surface area contributed by atoms with Crippen LogP contribution in [0.2, 0.25) is 0 Å². The first kappa shape index (κ1) is 13.0. The van der Waals surface area contributed by atoms with Crippen LogP contribution in [0.1, 0.15) is 38.4 Å². The van der Waals surface area contributed by atoms with Crippen molar-refractivity contribution in [3.8, 4) is 0 Å². The van der Waals surface area contributed by atoms with Gasteiger partial charge in [-0.3, -0.25) is 0 Å². The molecule has 0 aliphatic rings. The van der Waals surface area contributed by atoms with E-state index in [1.165, 1.54) is 12.0 Å². The van der Waals surface area contributed by atoms with Gasteiger partial charge >= 0.3 is 0 Å². The quantitative estimate of drug-likeness (QED) is 0.559. The molecule has 1 aromatic rings. The molecule has 0 spiro atoms. The van der Waals surface area contributed by atoms with E-state index in [-0.39, 0.29) is 6.10 Å². The van der Waals surface area contributed by atoms with Gasteiger partial charge in [0.15, 0.2) is 0 Å². The van der Waals surface area contributed by atoms with Crippen LogP contribution < -0.4 is 0 Å². The van der Waals surface area contributed by atoms with E-state index < -0.39 is 0 Å². The summed E-state index contributed by atoms with van der Waals surface area (Å²) in [6.45, 7) is 4.35. The maximum atomic E-state index is 6.02. The lowest BCUT2D eigenvalue weighted by Crippen LogP contribution is -2.14. The first-order valence-corrected chi connectivity index (χ1v) is 7.06. The van der Waals surface area contributed by atoms with E-state index in [1.807, 2.05) is 6.07 Å². The molecule has 0 fully saturated rings. The molecule has 1 rings (SSSR count). The highest BCUT2D eigenvalue weighted by molar-refractivity contribution is 14.1. The molecule has 2 heteroatoms. The van der Waals surface area contributed by atoms with Crippen molar-refractivity contribution in [1.82, 2.24) is 0 Å². The predicted octanol–water partition coefficient (Wildman–Crippen LogP) is 4.37. The second-order valence-electron chi connectivity index (χ2n) is 3.79. The van der Waals surface area contributed by atoms with Crippen molar-refractivity contribution in [3.63, 3.8) is 0 Å². The first-order chi connectivity index (χ1) is 7.27. The fourth-order valence-corrected chi connectivity index (χ4v) is 2.34. The molecule has 0 radical (unpaired) electrons. The van der Waals surface area contributed by atoms with Gasteiger partial charge in [0.25, 0.3) is 0 Å². The summed E-state index contributed by atoms with van der Waals surface area (Å²) in [6, 6.07) is 10.5.